The van der Waals surface area contributed by atoms with E-state index in [1.807, 2.05) is 6.07 Å². The van der Waals surface area contributed by atoms with E-state index >= 15 is 0 Å². The van der Waals surface area contributed by atoms with Gasteiger partial charge in [0, 0.05) is 25.2 Å². The van der Waals surface area contributed by atoms with Gasteiger partial charge in [-0.3, -0.25) is 14.9 Å². The second-order valence-corrected chi connectivity index (χ2v) is 5.13. The molecule has 0 bridgehead atoms. The zero-order valence-corrected chi connectivity index (χ0v) is 13.1. The molecule has 3 heterocycles. The molecule has 0 atom stereocenters. The highest BCUT2D eigenvalue weighted by Crippen LogP contribution is 2.18. The molecule has 25 heavy (non-hydrogen) atoms. The third-order valence-electron chi connectivity index (χ3n) is 3.48. The van der Waals surface area contributed by atoms with Gasteiger partial charge in [-0.2, -0.15) is 5.10 Å². The third-order valence-corrected chi connectivity index (χ3v) is 3.48. The highest BCUT2D eigenvalue weighted by molar-refractivity contribution is 5.93. The first-order valence-corrected chi connectivity index (χ1v) is 7.50. The van der Waals surface area contributed by atoms with Crippen LogP contribution >= 0.6 is 0 Å². The van der Waals surface area contributed by atoms with Gasteiger partial charge >= 0.3 is 0 Å². The lowest BCUT2D eigenvalue weighted by Crippen LogP contribution is -2.35. The molecule has 0 unspecified atom stereocenters. The first-order chi connectivity index (χ1) is 12.1. The van der Waals surface area contributed by atoms with Gasteiger partial charge in [-0.15, -0.1) is 0 Å². The Balaban J connectivity index is 1.56. The van der Waals surface area contributed by atoms with Crippen molar-refractivity contribution in [2.45, 2.75) is 0 Å². The number of carbonyl (C=O) groups is 1. The second-order valence-electron chi connectivity index (χ2n) is 5.13. The predicted molar refractivity (Wildman–Crippen MR) is 87.7 cm³/mol. The summed E-state index contributed by atoms with van der Waals surface area (Å²) >= 11 is 0. The Bertz CT molecular complexity index is 780. The van der Waals surface area contributed by atoms with Gasteiger partial charge in [-0.05, 0) is 12.1 Å². The first-order valence-electron chi connectivity index (χ1n) is 7.50. The number of morpholine rings is 1. The van der Waals surface area contributed by atoms with Crippen LogP contribution in [-0.4, -0.2) is 48.3 Å². The standard InChI is InChI=1S/C15H15N5O5/c21-15(13-3-1-11(9-16-13)20(22)23)18-17-10-12-2-4-14(25-12)19-5-7-24-8-6-19/h1-4,9-10H,5-8H2,(H,18,21)/b17-10-. The van der Waals surface area contributed by atoms with Crippen LogP contribution in [0.1, 0.15) is 16.2 Å². The van der Waals surface area contributed by atoms with E-state index in [4.69, 9.17) is 9.15 Å². The Morgan fingerprint density at radius 1 is 1.32 bits per heavy atom. The lowest BCUT2D eigenvalue weighted by atomic mass is 10.3. The van der Waals surface area contributed by atoms with Gasteiger partial charge in [0.05, 0.1) is 24.4 Å². The number of pyridine rings is 1. The lowest BCUT2D eigenvalue weighted by molar-refractivity contribution is -0.385. The molecule has 1 N–H and O–H groups in total. The van der Waals surface area contributed by atoms with E-state index in [0.717, 1.165) is 19.3 Å². The van der Waals surface area contributed by atoms with Gasteiger partial charge in [0.15, 0.2) is 5.88 Å². The molecular weight excluding hydrogens is 330 g/mol. The van der Waals surface area contributed by atoms with Gasteiger partial charge in [-0.25, -0.2) is 10.4 Å². The summed E-state index contributed by atoms with van der Waals surface area (Å²) in [6.07, 6.45) is 2.38. The van der Waals surface area contributed by atoms with Crippen LogP contribution < -0.4 is 10.3 Å². The number of amides is 1. The minimum Gasteiger partial charge on any atom is -0.440 e. The molecule has 0 aliphatic carbocycles. The van der Waals surface area contributed by atoms with E-state index in [1.165, 1.54) is 18.3 Å². The van der Waals surface area contributed by atoms with Crippen LogP contribution in [0.2, 0.25) is 0 Å². The molecular formula is C15H15N5O5. The number of hydrogen-bond donors (Lipinski definition) is 1. The average molecular weight is 345 g/mol. The maximum Gasteiger partial charge on any atom is 0.289 e. The smallest absolute Gasteiger partial charge is 0.289 e. The Labute approximate surface area is 142 Å². The summed E-state index contributed by atoms with van der Waals surface area (Å²) in [7, 11) is 0. The zero-order valence-electron chi connectivity index (χ0n) is 13.1. The van der Waals surface area contributed by atoms with Crippen molar-refractivity contribution >= 4 is 23.7 Å². The Hall–Kier alpha value is -3.27. The molecule has 130 valence electrons. The van der Waals surface area contributed by atoms with E-state index in [9.17, 15) is 14.9 Å². The van der Waals surface area contributed by atoms with Crippen molar-refractivity contribution in [2.24, 2.45) is 5.10 Å². The van der Waals surface area contributed by atoms with Crippen molar-refractivity contribution in [3.63, 3.8) is 0 Å². The number of anilines is 1. The Morgan fingerprint density at radius 2 is 2.12 bits per heavy atom. The maximum atomic E-state index is 11.9. The van der Waals surface area contributed by atoms with Gasteiger partial charge < -0.3 is 14.1 Å². The molecule has 1 aliphatic heterocycles. The minimum absolute atomic E-state index is 0.0243. The van der Waals surface area contributed by atoms with Crippen molar-refractivity contribution in [3.8, 4) is 0 Å². The van der Waals surface area contributed by atoms with E-state index in [0.29, 0.717) is 24.9 Å². The second kappa shape index (κ2) is 7.53. The Kier molecular flexibility index (Phi) is 5.00. The quantitative estimate of drug-likeness (QED) is 0.490. The van der Waals surface area contributed by atoms with E-state index in [1.54, 1.807) is 6.07 Å². The molecule has 2 aromatic heterocycles. The number of hydrazone groups is 1. The maximum absolute atomic E-state index is 11.9. The fourth-order valence-electron chi connectivity index (χ4n) is 2.21. The largest absolute Gasteiger partial charge is 0.440 e. The number of nitrogens with one attached hydrogen (secondary N) is 1. The molecule has 1 amide bonds. The molecule has 10 nitrogen and oxygen atoms in total. The molecule has 0 radical (unpaired) electrons. The highest BCUT2D eigenvalue weighted by Gasteiger charge is 2.14. The van der Waals surface area contributed by atoms with E-state index in [-0.39, 0.29) is 11.4 Å². The highest BCUT2D eigenvalue weighted by atomic mass is 16.6. The number of furan rings is 1. The summed E-state index contributed by atoms with van der Waals surface area (Å²) in [6.45, 7) is 2.82. The van der Waals surface area contributed by atoms with Crippen LogP contribution in [-0.2, 0) is 4.74 Å². The van der Waals surface area contributed by atoms with Crippen molar-refractivity contribution in [1.29, 1.82) is 0 Å². The molecule has 2 aromatic rings. The molecule has 10 heteroatoms. The fraction of sp³-hybridized carbons (Fsp3) is 0.267. The van der Waals surface area contributed by atoms with Crippen LogP contribution in [0.4, 0.5) is 11.6 Å². The Morgan fingerprint density at radius 3 is 2.80 bits per heavy atom. The number of aromatic nitrogens is 1. The molecule has 0 spiro atoms. The molecule has 1 saturated heterocycles. The summed E-state index contributed by atoms with van der Waals surface area (Å²) < 4.78 is 10.9. The fourth-order valence-corrected chi connectivity index (χ4v) is 2.21. The predicted octanol–water partition coefficient (Wildman–Crippen LogP) is 1.18. The van der Waals surface area contributed by atoms with Gasteiger partial charge in [0.2, 0.25) is 0 Å². The number of rotatable bonds is 5. The molecule has 0 aromatic carbocycles. The zero-order chi connectivity index (χ0) is 17.6. The van der Waals surface area contributed by atoms with Crippen LogP contribution in [0, 0.1) is 10.1 Å². The molecule has 1 fully saturated rings. The lowest BCUT2D eigenvalue weighted by Gasteiger charge is -2.26. The van der Waals surface area contributed by atoms with Crippen LogP contribution in [0.5, 0.6) is 0 Å². The van der Waals surface area contributed by atoms with Gasteiger partial charge in [0.1, 0.15) is 17.7 Å². The van der Waals surface area contributed by atoms with Gasteiger partial charge in [-0.1, -0.05) is 0 Å². The number of nitrogens with zero attached hydrogens (tertiary/aromatic N) is 4. The SMILES string of the molecule is O=C(N/N=C\c1ccc(N2CCOCC2)o1)c1ccc([N+](=O)[O-])cn1. The summed E-state index contributed by atoms with van der Waals surface area (Å²) in [5, 5.41) is 14.3. The van der Waals surface area contributed by atoms with Crippen molar-refractivity contribution in [1.82, 2.24) is 10.4 Å². The van der Waals surface area contributed by atoms with Crippen LogP contribution in [0.15, 0.2) is 40.0 Å². The van der Waals surface area contributed by atoms with Crippen molar-refractivity contribution < 1.29 is 18.9 Å². The molecule has 0 saturated carbocycles. The normalized spacial score (nSPS) is 14.6. The third kappa shape index (κ3) is 4.18. The monoisotopic (exact) mass is 345 g/mol. The summed E-state index contributed by atoms with van der Waals surface area (Å²) in [5.74, 6) is 0.623. The summed E-state index contributed by atoms with van der Waals surface area (Å²) in [6, 6.07) is 6.02. The number of carbonyl (C=O) groups excluding carboxylic acids is 1. The van der Waals surface area contributed by atoms with Crippen LogP contribution in [0.25, 0.3) is 0 Å². The topological polar surface area (TPSA) is 123 Å². The number of nitro groups is 1. The first kappa shape index (κ1) is 16.6. The molecule has 1 aliphatic rings. The van der Waals surface area contributed by atoms with Crippen LogP contribution in [0.3, 0.4) is 0 Å². The number of ether oxygens (including phenoxy) is 1. The number of hydrogen-bond acceptors (Lipinski definition) is 8. The summed E-state index contributed by atoms with van der Waals surface area (Å²) in [5.41, 5.74) is 2.13. The van der Waals surface area contributed by atoms with Crippen molar-refractivity contribution in [2.75, 3.05) is 31.2 Å². The van der Waals surface area contributed by atoms with E-state index in [2.05, 4.69) is 20.4 Å². The minimum atomic E-state index is -0.588. The van der Waals surface area contributed by atoms with E-state index < -0.39 is 10.8 Å². The summed E-state index contributed by atoms with van der Waals surface area (Å²) in [4.78, 5) is 27.6. The van der Waals surface area contributed by atoms with Gasteiger partial charge in [0.25, 0.3) is 11.6 Å². The van der Waals surface area contributed by atoms with Crippen molar-refractivity contribution in [3.05, 3.63) is 52.0 Å². The average Bonchev–Trinajstić information content (AvgIpc) is 3.11. The molecule has 3 rings (SSSR count).